The maximum absolute atomic E-state index is 12.1. The lowest BCUT2D eigenvalue weighted by Gasteiger charge is -2.10. The number of amides is 1. The van der Waals surface area contributed by atoms with Crippen molar-refractivity contribution in [3.8, 4) is 5.75 Å². The summed E-state index contributed by atoms with van der Waals surface area (Å²) in [7, 11) is 1.58. The number of thioether (sulfide) groups is 1. The fourth-order valence-electron chi connectivity index (χ4n) is 1.90. The van der Waals surface area contributed by atoms with Gasteiger partial charge in [-0.05, 0) is 36.4 Å². The first-order valence-corrected chi connectivity index (χ1v) is 8.44. The predicted molar refractivity (Wildman–Crippen MR) is 95.8 cm³/mol. The topological polar surface area (TPSA) is 75.6 Å². The molecule has 0 aromatic heterocycles. The molecule has 2 rings (SSSR count). The van der Waals surface area contributed by atoms with Gasteiger partial charge in [0.05, 0.1) is 23.6 Å². The molecule has 2 aromatic rings. The molecule has 0 fully saturated rings. The van der Waals surface area contributed by atoms with Gasteiger partial charge in [0.2, 0.25) is 5.91 Å². The van der Waals surface area contributed by atoms with Crippen LogP contribution in [0.1, 0.15) is 10.4 Å². The third kappa shape index (κ3) is 4.80. The summed E-state index contributed by atoms with van der Waals surface area (Å²) in [5, 5.41) is 11.9. The zero-order valence-corrected chi connectivity index (χ0v) is 14.8. The number of anilines is 1. The van der Waals surface area contributed by atoms with E-state index in [9.17, 15) is 14.7 Å². The van der Waals surface area contributed by atoms with Crippen LogP contribution in [-0.4, -0.2) is 29.8 Å². The molecule has 0 saturated carbocycles. The van der Waals surface area contributed by atoms with Crippen LogP contribution in [-0.2, 0) is 4.79 Å². The average Bonchev–Trinajstić information content (AvgIpc) is 2.52. The SMILES string of the molecule is COc1ccc(SCC(=O)Nc2cc(Cl)cc(Cl)c2C(=O)O)cc1. The molecule has 2 N–H and O–H groups in total. The van der Waals surface area contributed by atoms with Crippen molar-refractivity contribution in [3.05, 3.63) is 52.0 Å². The third-order valence-electron chi connectivity index (χ3n) is 2.97. The van der Waals surface area contributed by atoms with Gasteiger partial charge < -0.3 is 15.2 Å². The average molecular weight is 386 g/mol. The van der Waals surface area contributed by atoms with Gasteiger partial charge in [0.1, 0.15) is 11.3 Å². The van der Waals surface area contributed by atoms with Crippen LogP contribution in [0.4, 0.5) is 5.69 Å². The van der Waals surface area contributed by atoms with E-state index in [-0.39, 0.29) is 33.0 Å². The molecular weight excluding hydrogens is 373 g/mol. The predicted octanol–water partition coefficient (Wildman–Crippen LogP) is 4.43. The molecule has 8 heteroatoms. The van der Waals surface area contributed by atoms with E-state index in [4.69, 9.17) is 27.9 Å². The van der Waals surface area contributed by atoms with Crippen molar-refractivity contribution >= 4 is 52.5 Å². The zero-order valence-electron chi connectivity index (χ0n) is 12.5. The van der Waals surface area contributed by atoms with E-state index in [1.165, 1.54) is 23.9 Å². The highest BCUT2D eigenvalue weighted by atomic mass is 35.5. The lowest BCUT2D eigenvalue weighted by Crippen LogP contribution is -2.17. The highest BCUT2D eigenvalue weighted by Crippen LogP contribution is 2.29. The number of aromatic carboxylic acids is 1. The zero-order chi connectivity index (χ0) is 17.7. The van der Waals surface area contributed by atoms with Crippen molar-refractivity contribution in [3.63, 3.8) is 0 Å². The Balaban J connectivity index is 2.05. The smallest absolute Gasteiger partial charge is 0.339 e. The van der Waals surface area contributed by atoms with Crippen molar-refractivity contribution in [2.45, 2.75) is 4.90 Å². The molecule has 0 saturated heterocycles. The number of carbonyl (C=O) groups excluding carboxylic acids is 1. The number of carboxylic acid groups (broad SMARTS) is 1. The minimum Gasteiger partial charge on any atom is -0.497 e. The van der Waals surface area contributed by atoms with Crippen LogP contribution in [0, 0.1) is 0 Å². The Kier molecular flexibility index (Phi) is 6.36. The number of ether oxygens (including phenoxy) is 1. The highest BCUT2D eigenvalue weighted by Gasteiger charge is 2.17. The van der Waals surface area contributed by atoms with E-state index >= 15 is 0 Å². The van der Waals surface area contributed by atoms with Crippen LogP contribution < -0.4 is 10.1 Å². The van der Waals surface area contributed by atoms with Gasteiger partial charge in [-0.1, -0.05) is 23.2 Å². The van der Waals surface area contributed by atoms with Gasteiger partial charge in [0.25, 0.3) is 0 Å². The minimum atomic E-state index is -1.24. The monoisotopic (exact) mass is 385 g/mol. The van der Waals surface area contributed by atoms with E-state index in [0.29, 0.717) is 0 Å². The Bertz CT molecular complexity index is 765. The molecule has 0 spiro atoms. The van der Waals surface area contributed by atoms with E-state index < -0.39 is 5.97 Å². The number of benzene rings is 2. The number of hydrogen-bond acceptors (Lipinski definition) is 4. The molecule has 1 amide bonds. The summed E-state index contributed by atoms with van der Waals surface area (Å²) in [5.41, 5.74) is -0.121. The summed E-state index contributed by atoms with van der Waals surface area (Å²) in [4.78, 5) is 24.2. The van der Waals surface area contributed by atoms with Gasteiger partial charge >= 0.3 is 5.97 Å². The molecule has 0 aliphatic rings. The molecule has 2 aromatic carbocycles. The lowest BCUT2D eigenvalue weighted by molar-refractivity contribution is -0.113. The first-order chi connectivity index (χ1) is 11.4. The van der Waals surface area contributed by atoms with Crippen LogP contribution in [0.25, 0.3) is 0 Å². The maximum Gasteiger partial charge on any atom is 0.339 e. The number of carboxylic acids is 1. The number of hydrogen-bond donors (Lipinski definition) is 2. The van der Waals surface area contributed by atoms with Crippen molar-refractivity contribution < 1.29 is 19.4 Å². The summed E-state index contributed by atoms with van der Waals surface area (Å²) in [6.07, 6.45) is 0. The Morgan fingerprint density at radius 2 is 1.88 bits per heavy atom. The Morgan fingerprint density at radius 3 is 2.46 bits per heavy atom. The molecular formula is C16H13Cl2NO4S. The Hall–Kier alpha value is -1.89. The molecule has 0 atom stereocenters. The van der Waals surface area contributed by atoms with Crippen LogP contribution >= 0.6 is 35.0 Å². The first-order valence-electron chi connectivity index (χ1n) is 6.69. The second-order valence-electron chi connectivity index (χ2n) is 4.63. The van der Waals surface area contributed by atoms with Crippen LogP contribution in [0.15, 0.2) is 41.3 Å². The molecule has 0 radical (unpaired) electrons. The second-order valence-corrected chi connectivity index (χ2v) is 6.52. The highest BCUT2D eigenvalue weighted by molar-refractivity contribution is 8.00. The fourth-order valence-corrected chi connectivity index (χ4v) is 3.17. The molecule has 126 valence electrons. The number of carbonyl (C=O) groups is 2. The van der Waals surface area contributed by atoms with Crippen molar-refractivity contribution in [1.29, 1.82) is 0 Å². The molecule has 0 unspecified atom stereocenters. The summed E-state index contributed by atoms with van der Waals surface area (Å²) in [6, 6.07) is 9.91. The standard InChI is InChI=1S/C16H13Cl2NO4S/c1-23-10-2-4-11(5-3-10)24-8-14(20)19-13-7-9(17)6-12(18)15(13)16(21)22/h2-7H,8H2,1H3,(H,19,20)(H,21,22). The summed E-state index contributed by atoms with van der Waals surface area (Å²) < 4.78 is 5.06. The summed E-state index contributed by atoms with van der Waals surface area (Å²) in [6.45, 7) is 0. The fraction of sp³-hybridized carbons (Fsp3) is 0.125. The Labute approximate surface area is 152 Å². The van der Waals surface area contributed by atoms with Crippen molar-refractivity contribution in [2.75, 3.05) is 18.2 Å². The normalized spacial score (nSPS) is 10.3. The second kappa shape index (κ2) is 8.28. The molecule has 0 aliphatic carbocycles. The summed E-state index contributed by atoms with van der Waals surface area (Å²) in [5.74, 6) is -0.773. The molecule has 0 heterocycles. The first kappa shape index (κ1) is 18.4. The van der Waals surface area contributed by atoms with Crippen molar-refractivity contribution in [2.24, 2.45) is 0 Å². The van der Waals surface area contributed by atoms with E-state index in [0.717, 1.165) is 10.6 Å². The molecule has 24 heavy (non-hydrogen) atoms. The van der Waals surface area contributed by atoms with Gasteiger partial charge in [0, 0.05) is 9.92 Å². The van der Waals surface area contributed by atoms with Gasteiger partial charge in [0.15, 0.2) is 0 Å². The van der Waals surface area contributed by atoms with Crippen molar-refractivity contribution in [1.82, 2.24) is 0 Å². The maximum atomic E-state index is 12.1. The van der Waals surface area contributed by atoms with E-state index in [1.54, 1.807) is 19.2 Å². The molecule has 0 bridgehead atoms. The van der Waals surface area contributed by atoms with Gasteiger partial charge in [-0.3, -0.25) is 4.79 Å². The number of halogens is 2. The number of nitrogens with one attached hydrogen (secondary N) is 1. The molecule has 0 aliphatic heterocycles. The van der Waals surface area contributed by atoms with Crippen LogP contribution in [0.3, 0.4) is 0 Å². The lowest BCUT2D eigenvalue weighted by atomic mass is 10.1. The van der Waals surface area contributed by atoms with Crippen LogP contribution in [0.2, 0.25) is 10.0 Å². The molecule has 5 nitrogen and oxygen atoms in total. The summed E-state index contributed by atoms with van der Waals surface area (Å²) >= 11 is 13.1. The quantitative estimate of drug-likeness (QED) is 0.719. The number of rotatable bonds is 6. The van der Waals surface area contributed by atoms with Gasteiger partial charge in [-0.25, -0.2) is 4.79 Å². The van der Waals surface area contributed by atoms with Gasteiger partial charge in [-0.15, -0.1) is 11.8 Å². The number of methoxy groups -OCH3 is 1. The largest absolute Gasteiger partial charge is 0.497 e. The van der Waals surface area contributed by atoms with E-state index in [2.05, 4.69) is 5.32 Å². The Morgan fingerprint density at radius 1 is 1.21 bits per heavy atom. The van der Waals surface area contributed by atoms with Gasteiger partial charge in [-0.2, -0.15) is 0 Å². The van der Waals surface area contributed by atoms with Crippen LogP contribution in [0.5, 0.6) is 5.75 Å². The third-order valence-corrected chi connectivity index (χ3v) is 4.50. The van der Waals surface area contributed by atoms with E-state index in [1.807, 2.05) is 12.1 Å². The minimum absolute atomic E-state index is 0.0342.